The third-order valence-corrected chi connectivity index (χ3v) is 4.07. The van der Waals surface area contributed by atoms with Crippen LogP contribution in [0.5, 0.6) is 17.2 Å². The Kier molecular flexibility index (Phi) is 6.78. The molecule has 26 heavy (non-hydrogen) atoms. The van der Waals surface area contributed by atoms with Gasteiger partial charge in [0.2, 0.25) is 5.75 Å². The van der Waals surface area contributed by atoms with Gasteiger partial charge in [-0.25, -0.2) is 0 Å². The fraction of sp³-hybridized carbons (Fsp3) is 0.333. The molecule has 0 saturated heterocycles. The van der Waals surface area contributed by atoms with E-state index in [0.29, 0.717) is 42.1 Å². The summed E-state index contributed by atoms with van der Waals surface area (Å²) in [5.41, 5.74) is 2.51. The van der Waals surface area contributed by atoms with Crippen molar-refractivity contribution in [1.82, 2.24) is 0 Å². The molecule has 0 aliphatic heterocycles. The van der Waals surface area contributed by atoms with E-state index in [4.69, 9.17) is 14.2 Å². The van der Waals surface area contributed by atoms with Crippen LogP contribution in [0.1, 0.15) is 34.8 Å². The maximum atomic E-state index is 12.6. The molecule has 5 heteroatoms. The summed E-state index contributed by atoms with van der Waals surface area (Å²) >= 11 is 0. The number of benzene rings is 2. The first-order valence-corrected chi connectivity index (χ1v) is 8.39. The summed E-state index contributed by atoms with van der Waals surface area (Å²) in [6, 6.07) is 11.1. The van der Waals surface area contributed by atoms with Gasteiger partial charge in [0.1, 0.15) is 5.78 Å². The first-order valence-electron chi connectivity index (χ1n) is 8.39. The van der Waals surface area contributed by atoms with E-state index in [-0.39, 0.29) is 11.6 Å². The number of carbonyl (C=O) groups excluding carboxylic acids is 2. The zero-order chi connectivity index (χ0) is 19.1. The van der Waals surface area contributed by atoms with E-state index in [1.54, 1.807) is 19.1 Å². The van der Waals surface area contributed by atoms with Gasteiger partial charge in [-0.2, -0.15) is 0 Å². The molecule has 0 heterocycles. The van der Waals surface area contributed by atoms with Gasteiger partial charge in [-0.3, -0.25) is 9.59 Å². The zero-order valence-electron chi connectivity index (χ0n) is 15.6. The number of rotatable bonds is 9. The molecule has 5 nitrogen and oxygen atoms in total. The second-order valence-electron chi connectivity index (χ2n) is 6.04. The highest BCUT2D eigenvalue weighted by atomic mass is 16.5. The Hall–Kier alpha value is -2.82. The topological polar surface area (TPSA) is 61.8 Å². The average Bonchev–Trinajstić information content (AvgIpc) is 2.64. The summed E-state index contributed by atoms with van der Waals surface area (Å²) < 4.78 is 15.9. The molecule has 0 aromatic heterocycles. The number of hydrogen-bond acceptors (Lipinski definition) is 5. The van der Waals surface area contributed by atoms with Crippen LogP contribution in [0.15, 0.2) is 36.4 Å². The second kappa shape index (κ2) is 9.04. The highest BCUT2D eigenvalue weighted by Crippen LogP contribution is 2.38. The quantitative estimate of drug-likeness (QED) is 0.642. The third-order valence-electron chi connectivity index (χ3n) is 4.07. The lowest BCUT2D eigenvalue weighted by molar-refractivity contribution is -0.116. The number of Topliss-reactive ketones (excluding diaryl/α,β-unsaturated/α-hetero) is 2. The minimum absolute atomic E-state index is 0.0128. The molecule has 0 atom stereocenters. The van der Waals surface area contributed by atoms with Gasteiger partial charge in [0, 0.05) is 18.4 Å². The molecule has 0 fully saturated rings. The predicted molar refractivity (Wildman–Crippen MR) is 99.6 cm³/mol. The Bertz CT molecular complexity index is 770. The standard InChI is InChI=1S/C21H24O5/c1-14(22)10-16-7-5-6-15(11-16)8-9-18(23)17-12-19(24-2)21(26-4)20(13-17)25-3/h5-7,11-13H,8-10H2,1-4H3. The summed E-state index contributed by atoms with van der Waals surface area (Å²) in [4.78, 5) is 23.9. The predicted octanol–water partition coefficient (Wildman–Crippen LogP) is 3.66. The monoisotopic (exact) mass is 356 g/mol. The van der Waals surface area contributed by atoms with Crippen LogP contribution in [0.25, 0.3) is 0 Å². The highest BCUT2D eigenvalue weighted by molar-refractivity contribution is 5.97. The normalized spacial score (nSPS) is 10.3. The number of aryl methyl sites for hydroxylation is 1. The molecular weight excluding hydrogens is 332 g/mol. The van der Waals surface area contributed by atoms with Crippen LogP contribution in [-0.4, -0.2) is 32.9 Å². The van der Waals surface area contributed by atoms with Crippen molar-refractivity contribution in [2.75, 3.05) is 21.3 Å². The molecule has 138 valence electrons. The molecule has 0 radical (unpaired) electrons. The molecule has 0 spiro atoms. The van der Waals surface area contributed by atoms with E-state index < -0.39 is 0 Å². The van der Waals surface area contributed by atoms with Crippen LogP contribution in [0.2, 0.25) is 0 Å². The first-order chi connectivity index (χ1) is 12.5. The Balaban J connectivity index is 2.14. The molecular formula is C21H24O5. The van der Waals surface area contributed by atoms with E-state index >= 15 is 0 Å². The summed E-state index contributed by atoms with van der Waals surface area (Å²) in [5.74, 6) is 1.48. The van der Waals surface area contributed by atoms with Gasteiger partial charge >= 0.3 is 0 Å². The van der Waals surface area contributed by atoms with Gasteiger partial charge in [-0.1, -0.05) is 24.3 Å². The van der Waals surface area contributed by atoms with Gasteiger partial charge in [-0.15, -0.1) is 0 Å². The molecule has 0 N–H and O–H groups in total. The van der Waals surface area contributed by atoms with Crippen LogP contribution in [0.3, 0.4) is 0 Å². The molecule has 2 aromatic carbocycles. The van der Waals surface area contributed by atoms with E-state index in [9.17, 15) is 9.59 Å². The van der Waals surface area contributed by atoms with E-state index in [2.05, 4.69) is 0 Å². The van der Waals surface area contributed by atoms with Gasteiger partial charge < -0.3 is 14.2 Å². The highest BCUT2D eigenvalue weighted by Gasteiger charge is 2.17. The van der Waals surface area contributed by atoms with Crippen LogP contribution in [-0.2, 0) is 17.6 Å². The first kappa shape index (κ1) is 19.5. The van der Waals surface area contributed by atoms with Crippen molar-refractivity contribution < 1.29 is 23.8 Å². The van der Waals surface area contributed by atoms with Crippen LogP contribution in [0.4, 0.5) is 0 Å². The number of methoxy groups -OCH3 is 3. The average molecular weight is 356 g/mol. The lowest BCUT2D eigenvalue weighted by atomic mass is 9.99. The van der Waals surface area contributed by atoms with Crippen LogP contribution in [0, 0.1) is 0 Å². The maximum absolute atomic E-state index is 12.6. The molecule has 0 aliphatic carbocycles. The molecule has 0 aliphatic rings. The summed E-state index contributed by atoms with van der Waals surface area (Å²) in [6.45, 7) is 1.57. The van der Waals surface area contributed by atoms with Crippen molar-refractivity contribution in [3.05, 3.63) is 53.1 Å². The fourth-order valence-corrected chi connectivity index (χ4v) is 2.83. The SMILES string of the molecule is COc1cc(C(=O)CCc2cccc(CC(C)=O)c2)cc(OC)c1OC. The van der Waals surface area contributed by atoms with Crippen molar-refractivity contribution in [2.24, 2.45) is 0 Å². The molecule has 0 saturated carbocycles. The molecule has 0 unspecified atom stereocenters. The number of hydrogen-bond donors (Lipinski definition) is 0. The van der Waals surface area contributed by atoms with Crippen molar-refractivity contribution >= 4 is 11.6 Å². The smallest absolute Gasteiger partial charge is 0.203 e. The second-order valence-corrected chi connectivity index (χ2v) is 6.04. The van der Waals surface area contributed by atoms with E-state index in [0.717, 1.165) is 11.1 Å². The summed E-state index contributed by atoms with van der Waals surface area (Å²) in [6.07, 6.45) is 1.36. The zero-order valence-corrected chi connectivity index (χ0v) is 15.6. The van der Waals surface area contributed by atoms with Crippen molar-refractivity contribution in [3.8, 4) is 17.2 Å². The molecule has 0 bridgehead atoms. The van der Waals surface area contributed by atoms with Crippen molar-refractivity contribution in [2.45, 2.75) is 26.2 Å². The summed E-state index contributed by atoms with van der Waals surface area (Å²) in [7, 11) is 4.56. The minimum atomic E-state index is -0.0128. The van der Waals surface area contributed by atoms with E-state index in [1.165, 1.54) is 21.3 Å². The number of carbonyl (C=O) groups is 2. The molecule has 2 aromatic rings. The van der Waals surface area contributed by atoms with E-state index in [1.807, 2.05) is 24.3 Å². The number of ketones is 2. The van der Waals surface area contributed by atoms with Gasteiger partial charge in [0.05, 0.1) is 21.3 Å². The molecule has 0 amide bonds. The molecule has 2 rings (SSSR count). The Morgan fingerprint density at radius 2 is 1.50 bits per heavy atom. The lowest BCUT2D eigenvalue weighted by Gasteiger charge is -2.13. The van der Waals surface area contributed by atoms with Crippen LogP contribution < -0.4 is 14.2 Å². The van der Waals surface area contributed by atoms with Crippen LogP contribution >= 0.6 is 0 Å². The largest absolute Gasteiger partial charge is 0.493 e. The Morgan fingerprint density at radius 1 is 0.885 bits per heavy atom. The van der Waals surface area contributed by atoms with Crippen molar-refractivity contribution in [1.29, 1.82) is 0 Å². The lowest BCUT2D eigenvalue weighted by Crippen LogP contribution is -2.04. The van der Waals surface area contributed by atoms with Crippen molar-refractivity contribution in [3.63, 3.8) is 0 Å². The van der Waals surface area contributed by atoms with Gasteiger partial charge in [0.25, 0.3) is 0 Å². The van der Waals surface area contributed by atoms with Gasteiger partial charge in [0.15, 0.2) is 17.3 Å². The van der Waals surface area contributed by atoms with Gasteiger partial charge in [-0.05, 0) is 36.6 Å². The fourth-order valence-electron chi connectivity index (χ4n) is 2.83. The summed E-state index contributed by atoms with van der Waals surface area (Å²) in [5, 5.41) is 0. The third kappa shape index (κ3) is 4.85. The Labute approximate surface area is 153 Å². The minimum Gasteiger partial charge on any atom is -0.493 e. The Morgan fingerprint density at radius 3 is 2.04 bits per heavy atom. The maximum Gasteiger partial charge on any atom is 0.203 e. The number of ether oxygens (including phenoxy) is 3.